The molecule has 0 bridgehead atoms. The number of hydrogen-bond donors (Lipinski definition) is 1. The highest BCUT2D eigenvalue weighted by Gasteiger charge is 2.38. The van der Waals surface area contributed by atoms with Crippen molar-refractivity contribution >= 4 is 6.09 Å². The Bertz CT molecular complexity index is 453. The molecule has 1 N–H and O–H groups in total. The predicted molar refractivity (Wildman–Crippen MR) is 75.5 cm³/mol. The molecule has 1 amide bonds. The Labute approximate surface area is 124 Å². The van der Waals surface area contributed by atoms with Crippen LogP contribution in [0.1, 0.15) is 19.4 Å². The van der Waals surface area contributed by atoms with Crippen molar-refractivity contribution in [1.82, 2.24) is 5.32 Å². The van der Waals surface area contributed by atoms with Crippen molar-refractivity contribution in [3.05, 3.63) is 35.9 Å². The smallest absolute Gasteiger partial charge is 0.407 e. The zero-order valence-electron chi connectivity index (χ0n) is 12.3. The van der Waals surface area contributed by atoms with Crippen molar-refractivity contribution < 1.29 is 23.7 Å². The third-order valence-corrected chi connectivity index (χ3v) is 3.01. The second kappa shape index (κ2) is 7.40. The lowest BCUT2D eigenvalue weighted by molar-refractivity contribution is -0.322. The van der Waals surface area contributed by atoms with Crippen LogP contribution in [0.3, 0.4) is 0 Å². The summed E-state index contributed by atoms with van der Waals surface area (Å²) in [6, 6.07) is 9.50. The van der Waals surface area contributed by atoms with Gasteiger partial charge in [0.25, 0.3) is 5.97 Å². The summed E-state index contributed by atoms with van der Waals surface area (Å²) < 4.78 is 21.5. The van der Waals surface area contributed by atoms with Gasteiger partial charge in [-0.05, 0) is 12.5 Å². The van der Waals surface area contributed by atoms with E-state index in [0.29, 0.717) is 19.8 Å². The van der Waals surface area contributed by atoms with Crippen LogP contribution in [-0.4, -0.2) is 37.9 Å². The molecule has 1 aliphatic rings. The number of rotatable bonds is 6. The van der Waals surface area contributed by atoms with Crippen LogP contribution in [0.4, 0.5) is 4.79 Å². The summed E-state index contributed by atoms with van der Waals surface area (Å²) in [4.78, 5) is 11.6. The summed E-state index contributed by atoms with van der Waals surface area (Å²) in [6.45, 7) is 5.00. The molecule has 1 unspecified atom stereocenters. The topological polar surface area (TPSA) is 66.0 Å². The summed E-state index contributed by atoms with van der Waals surface area (Å²) in [6.07, 6.45) is -0.724. The van der Waals surface area contributed by atoms with E-state index >= 15 is 0 Å². The van der Waals surface area contributed by atoms with Gasteiger partial charge in [0.2, 0.25) is 0 Å². The van der Waals surface area contributed by atoms with E-state index in [0.717, 1.165) is 5.56 Å². The molecule has 6 nitrogen and oxygen atoms in total. The Morgan fingerprint density at radius 2 is 2.19 bits per heavy atom. The van der Waals surface area contributed by atoms with Crippen molar-refractivity contribution in [2.24, 2.45) is 0 Å². The largest absolute Gasteiger partial charge is 0.445 e. The summed E-state index contributed by atoms with van der Waals surface area (Å²) >= 11 is 0. The number of carbonyl (C=O) groups is 1. The molecule has 6 heteroatoms. The van der Waals surface area contributed by atoms with Crippen molar-refractivity contribution in [3.63, 3.8) is 0 Å². The van der Waals surface area contributed by atoms with Crippen LogP contribution in [0.25, 0.3) is 0 Å². The number of benzene rings is 1. The van der Waals surface area contributed by atoms with Gasteiger partial charge in [-0.2, -0.15) is 0 Å². The molecule has 0 aromatic heterocycles. The Hall–Kier alpha value is -1.63. The van der Waals surface area contributed by atoms with Gasteiger partial charge in [-0.25, -0.2) is 4.79 Å². The van der Waals surface area contributed by atoms with E-state index in [1.807, 2.05) is 37.3 Å². The van der Waals surface area contributed by atoms with E-state index in [9.17, 15) is 4.79 Å². The third-order valence-electron chi connectivity index (χ3n) is 3.01. The number of ether oxygens (including phenoxy) is 4. The molecular formula is C15H21NO5. The van der Waals surface area contributed by atoms with Gasteiger partial charge in [-0.3, -0.25) is 0 Å². The summed E-state index contributed by atoms with van der Waals surface area (Å²) in [5.74, 6) is -1.02. The fourth-order valence-electron chi connectivity index (χ4n) is 2.02. The standard InChI is InChI=1S/C15H21NO5/c1-3-19-15(2)20-11-13(21-15)9-16-14(17)18-10-12-7-5-4-6-8-12/h4-8,13H,3,9-11H2,1-2H3,(H,16,17)/t13?,15-/m0/s1. The molecule has 1 aliphatic heterocycles. The highest BCUT2D eigenvalue weighted by atomic mass is 16.9. The molecule has 1 fully saturated rings. The van der Waals surface area contributed by atoms with Gasteiger partial charge < -0.3 is 24.3 Å². The number of amides is 1. The van der Waals surface area contributed by atoms with Crippen molar-refractivity contribution in [3.8, 4) is 0 Å². The van der Waals surface area contributed by atoms with Crippen LogP contribution in [0.15, 0.2) is 30.3 Å². The normalized spacial score (nSPS) is 24.8. The first-order chi connectivity index (χ1) is 10.1. The lowest BCUT2D eigenvalue weighted by Gasteiger charge is -2.22. The van der Waals surface area contributed by atoms with Crippen LogP contribution in [0.2, 0.25) is 0 Å². The van der Waals surface area contributed by atoms with Crippen LogP contribution >= 0.6 is 0 Å². The number of alkyl carbamates (subject to hydrolysis) is 1. The summed E-state index contributed by atoms with van der Waals surface area (Å²) in [7, 11) is 0. The molecular weight excluding hydrogens is 274 g/mol. The Morgan fingerprint density at radius 3 is 2.90 bits per heavy atom. The van der Waals surface area contributed by atoms with Crippen molar-refractivity contribution in [2.45, 2.75) is 32.5 Å². The maximum atomic E-state index is 11.6. The Morgan fingerprint density at radius 1 is 1.43 bits per heavy atom. The van der Waals surface area contributed by atoms with E-state index in [2.05, 4.69) is 5.32 Å². The molecule has 2 rings (SSSR count). The average molecular weight is 295 g/mol. The van der Waals surface area contributed by atoms with Crippen LogP contribution < -0.4 is 5.32 Å². The van der Waals surface area contributed by atoms with E-state index in [4.69, 9.17) is 18.9 Å². The molecule has 0 aliphatic carbocycles. The molecule has 1 heterocycles. The van der Waals surface area contributed by atoms with E-state index in [1.165, 1.54) is 0 Å². The monoisotopic (exact) mass is 295 g/mol. The highest BCUT2D eigenvalue weighted by Crippen LogP contribution is 2.24. The molecule has 1 aromatic rings. The summed E-state index contributed by atoms with van der Waals surface area (Å²) in [5, 5.41) is 2.65. The minimum Gasteiger partial charge on any atom is -0.445 e. The SMILES string of the molecule is CCO[C@@]1(C)OCC(CNC(=O)OCc2ccccc2)O1. The quantitative estimate of drug-likeness (QED) is 0.870. The molecule has 21 heavy (non-hydrogen) atoms. The molecule has 0 spiro atoms. The van der Waals surface area contributed by atoms with E-state index in [1.54, 1.807) is 6.92 Å². The first kappa shape index (κ1) is 15.8. The Balaban J connectivity index is 1.66. The van der Waals surface area contributed by atoms with Gasteiger partial charge in [0.15, 0.2) is 0 Å². The highest BCUT2D eigenvalue weighted by molar-refractivity contribution is 5.67. The average Bonchev–Trinajstić information content (AvgIpc) is 2.86. The van der Waals surface area contributed by atoms with Gasteiger partial charge in [0.1, 0.15) is 12.7 Å². The fourth-order valence-corrected chi connectivity index (χ4v) is 2.02. The lowest BCUT2D eigenvalue weighted by Crippen LogP contribution is -2.36. The molecule has 2 atom stereocenters. The van der Waals surface area contributed by atoms with Crippen LogP contribution in [0.5, 0.6) is 0 Å². The van der Waals surface area contributed by atoms with E-state index in [-0.39, 0.29) is 12.7 Å². The second-order valence-corrected chi connectivity index (χ2v) is 4.79. The maximum Gasteiger partial charge on any atom is 0.407 e. The molecule has 0 saturated carbocycles. The first-order valence-corrected chi connectivity index (χ1v) is 7.01. The fraction of sp³-hybridized carbons (Fsp3) is 0.533. The lowest BCUT2D eigenvalue weighted by atomic mass is 10.2. The maximum absolute atomic E-state index is 11.6. The van der Waals surface area contributed by atoms with Gasteiger partial charge >= 0.3 is 6.09 Å². The minimum absolute atomic E-state index is 0.241. The number of hydrogen-bond acceptors (Lipinski definition) is 5. The second-order valence-electron chi connectivity index (χ2n) is 4.79. The number of carbonyl (C=O) groups excluding carboxylic acids is 1. The zero-order valence-corrected chi connectivity index (χ0v) is 12.3. The minimum atomic E-state index is -1.02. The third kappa shape index (κ3) is 5.00. The van der Waals surface area contributed by atoms with Gasteiger partial charge in [-0.15, -0.1) is 0 Å². The van der Waals surface area contributed by atoms with Crippen molar-refractivity contribution in [2.75, 3.05) is 19.8 Å². The zero-order chi connectivity index (χ0) is 15.1. The van der Waals surface area contributed by atoms with Crippen LogP contribution in [0, 0.1) is 0 Å². The number of nitrogens with one attached hydrogen (secondary N) is 1. The molecule has 1 saturated heterocycles. The van der Waals surface area contributed by atoms with E-state index < -0.39 is 12.1 Å². The van der Waals surface area contributed by atoms with Gasteiger partial charge in [0, 0.05) is 20.1 Å². The van der Waals surface area contributed by atoms with Crippen molar-refractivity contribution in [1.29, 1.82) is 0 Å². The Kier molecular flexibility index (Phi) is 5.55. The van der Waals surface area contributed by atoms with Gasteiger partial charge in [0.05, 0.1) is 6.61 Å². The molecule has 116 valence electrons. The molecule has 1 aromatic carbocycles. The first-order valence-electron chi connectivity index (χ1n) is 7.01. The van der Waals surface area contributed by atoms with Gasteiger partial charge in [-0.1, -0.05) is 30.3 Å². The predicted octanol–water partition coefficient (Wildman–Crippen LogP) is 2.04. The molecule has 0 radical (unpaired) electrons. The van der Waals surface area contributed by atoms with Crippen LogP contribution in [-0.2, 0) is 25.6 Å². The summed E-state index contributed by atoms with van der Waals surface area (Å²) in [5.41, 5.74) is 0.942.